The van der Waals surface area contributed by atoms with Crippen LogP contribution < -0.4 is 5.73 Å². The SMILES string of the molecule is CCCSCC(N)C1CCOC2(CCOC2)C1. The summed E-state index contributed by atoms with van der Waals surface area (Å²) in [6, 6.07) is 0.327. The van der Waals surface area contributed by atoms with Crippen LogP contribution in [0.5, 0.6) is 0 Å². The minimum Gasteiger partial charge on any atom is -0.378 e. The second-order valence-corrected chi connectivity index (χ2v) is 6.48. The highest BCUT2D eigenvalue weighted by Gasteiger charge is 2.42. The van der Waals surface area contributed by atoms with Crippen molar-refractivity contribution in [2.75, 3.05) is 31.3 Å². The lowest BCUT2D eigenvalue weighted by Crippen LogP contribution is -2.46. The van der Waals surface area contributed by atoms with Crippen molar-refractivity contribution in [3.63, 3.8) is 0 Å². The zero-order chi connectivity index (χ0) is 12.1. The molecule has 3 atom stereocenters. The summed E-state index contributed by atoms with van der Waals surface area (Å²) in [4.78, 5) is 0. The summed E-state index contributed by atoms with van der Waals surface area (Å²) in [6.07, 6.45) is 4.51. The lowest BCUT2D eigenvalue weighted by Gasteiger charge is -2.39. The molecule has 4 heteroatoms. The highest BCUT2D eigenvalue weighted by Crippen LogP contribution is 2.37. The van der Waals surface area contributed by atoms with Crippen LogP contribution in [0.4, 0.5) is 0 Å². The molecule has 0 aromatic heterocycles. The summed E-state index contributed by atoms with van der Waals surface area (Å²) < 4.78 is 11.4. The van der Waals surface area contributed by atoms with Gasteiger partial charge in [0.05, 0.1) is 12.2 Å². The van der Waals surface area contributed by atoms with Gasteiger partial charge in [-0.2, -0.15) is 11.8 Å². The Balaban J connectivity index is 1.79. The molecule has 2 saturated heterocycles. The van der Waals surface area contributed by atoms with Crippen molar-refractivity contribution in [3.05, 3.63) is 0 Å². The molecule has 1 spiro atoms. The number of hydrogen-bond acceptors (Lipinski definition) is 4. The van der Waals surface area contributed by atoms with Crippen LogP contribution in [-0.2, 0) is 9.47 Å². The summed E-state index contributed by atoms with van der Waals surface area (Å²) in [5.74, 6) is 2.94. The van der Waals surface area contributed by atoms with E-state index in [1.165, 1.54) is 12.2 Å². The second-order valence-electron chi connectivity index (χ2n) is 5.33. The Morgan fingerprint density at radius 3 is 3.06 bits per heavy atom. The van der Waals surface area contributed by atoms with Crippen LogP contribution >= 0.6 is 11.8 Å². The zero-order valence-electron chi connectivity index (χ0n) is 10.8. The molecule has 2 aliphatic rings. The summed E-state index contributed by atoms with van der Waals surface area (Å²) in [7, 11) is 0. The molecule has 2 fully saturated rings. The Labute approximate surface area is 109 Å². The third-order valence-corrected chi connectivity index (χ3v) is 5.18. The number of nitrogens with two attached hydrogens (primary N) is 1. The van der Waals surface area contributed by atoms with Gasteiger partial charge in [-0.05, 0) is 30.9 Å². The summed E-state index contributed by atoms with van der Waals surface area (Å²) >= 11 is 1.99. The fourth-order valence-electron chi connectivity index (χ4n) is 2.79. The maximum atomic E-state index is 6.32. The predicted molar refractivity (Wildman–Crippen MR) is 72.4 cm³/mol. The Morgan fingerprint density at radius 1 is 1.47 bits per heavy atom. The predicted octanol–water partition coefficient (Wildman–Crippen LogP) is 2.04. The minimum atomic E-state index is 0.00988. The van der Waals surface area contributed by atoms with Crippen LogP contribution in [0.1, 0.15) is 32.6 Å². The van der Waals surface area contributed by atoms with Crippen LogP contribution in [0.3, 0.4) is 0 Å². The first-order valence-electron chi connectivity index (χ1n) is 6.81. The second kappa shape index (κ2) is 6.41. The Morgan fingerprint density at radius 2 is 2.35 bits per heavy atom. The van der Waals surface area contributed by atoms with E-state index in [0.717, 1.165) is 44.8 Å². The van der Waals surface area contributed by atoms with Crippen LogP contribution in [0.2, 0.25) is 0 Å². The quantitative estimate of drug-likeness (QED) is 0.767. The van der Waals surface area contributed by atoms with Gasteiger partial charge >= 0.3 is 0 Å². The maximum Gasteiger partial charge on any atom is 0.0939 e. The molecule has 2 N–H and O–H groups in total. The van der Waals surface area contributed by atoms with Crippen molar-refractivity contribution in [3.8, 4) is 0 Å². The van der Waals surface area contributed by atoms with E-state index in [9.17, 15) is 0 Å². The molecule has 0 saturated carbocycles. The highest BCUT2D eigenvalue weighted by atomic mass is 32.2. The Hall–Kier alpha value is 0.230. The number of ether oxygens (including phenoxy) is 2. The summed E-state index contributed by atoms with van der Waals surface area (Å²) in [5, 5.41) is 0. The maximum absolute atomic E-state index is 6.32. The Kier molecular flexibility index (Phi) is 5.15. The first-order valence-corrected chi connectivity index (χ1v) is 7.96. The van der Waals surface area contributed by atoms with E-state index < -0.39 is 0 Å². The standard InChI is InChI=1S/C13H25NO2S/c1-2-7-17-9-12(14)11-3-5-16-13(8-11)4-6-15-10-13/h11-12H,2-10,14H2,1H3. The van der Waals surface area contributed by atoms with Gasteiger partial charge < -0.3 is 15.2 Å². The van der Waals surface area contributed by atoms with Gasteiger partial charge in [-0.15, -0.1) is 0 Å². The molecule has 17 heavy (non-hydrogen) atoms. The van der Waals surface area contributed by atoms with Gasteiger partial charge in [0.1, 0.15) is 0 Å². The highest BCUT2D eigenvalue weighted by molar-refractivity contribution is 7.99. The zero-order valence-corrected chi connectivity index (χ0v) is 11.6. The third kappa shape index (κ3) is 3.60. The molecule has 0 amide bonds. The van der Waals surface area contributed by atoms with E-state index >= 15 is 0 Å². The van der Waals surface area contributed by atoms with Crippen molar-refractivity contribution in [2.24, 2.45) is 11.7 Å². The first kappa shape index (κ1) is 13.7. The lowest BCUT2D eigenvalue weighted by molar-refractivity contribution is -0.100. The van der Waals surface area contributed by atoms with Crippen molar-refractivity contribution in [1.29, 1.82) is 0 Å². The van der Waals surface area contributed by atoms with Crippen LogP contribution in [-0.4, -0.2) is 43.0 Å². The molecule has 100 valence electrons. The monoisotopic (exact) mass is 259 g/mol. The van der Waals surface area contributed by atoms with Crippen LogP contribution in [0.25, 0.3) is 0 Å². The molecule has 0 aromatic rings. The van der Waals surface area contributed by atoms with Crippen LogP contribution in [0.15, 0.2) is 0 Å². The van der Waals surface area contributed by atoms with E-state index in [4.69, 9.17) is 15.2 Å². The van der Waals surface area contributed by atoms with Crippen molar-refractivity contribution in [1.82, 2.24) is 0 Å². The molecular formula is C13H25NO2S. The van der Waals surface area contributed by atoms with E-state index in [-0.39, 0.29) is 5.60 Å². The van der Waals surface area contributed by atoms with Crippen molar-refractivity contribution < 1.29 is 9.47 Å². The average Bonchev–Trinajstić information content (AvgIpc) is 2.77. The van der Waals surface area contributed by atoms with Crippen molar-refractivity contribution >= 4 is 11.8 Å². The van der Waals surface area contributed by atoms with Crippen LogP contribution in [0, 0.1) is 5.92 Å². The average molecular weight is 259 g/mol. The van der Waals surface area contributed by atoms with Gasteiger partial charge in [0.25, 0.3) is 0 Å². The van der Waals surface area contributed by atoms with Gasteiger partial charge in [0.15, 0.2) is 0 Å². The number of rotatable bonds is 5. The van der Waals surface area contributed by atoms with Gasteiger partial charge in [-0.25, -0.2) is 0 Å². The normalized spacial score (nSPS) is 35.3. The number of hydrogen-bond donors (Lipinski definition) is 1. The van der Waals surface area contributed by atoms with Gasteiger partial charge in [-0.1, -0.05) is 6.92 Å². The van der Waals surface area contributed by atoms with E-state index in [1.807, 2.05) is 11.8 Å². The molecule has 0 radical (unpaired) electrons. The smallest absolute Gasteiger partial charge is 0.0939 e. The molecular weight excluding hydrogens is 234 g/mol. The summed E-state index contributed by atoms with van der Waals surface area (Å²) in [6.45, 7) is 4.71. The molecule has 0 aromatic carbocycles. The molecule has 2 heterocycles. The number of thioether (sulfide) groups is 1. The fourth-order valence-corrected chi connectivity index (χ4v) is 3.79. The molecule has 3 unspecified atom stereocenters. The Bertz CT molecular complexity index is 231. The molecule has 2 aliphatic heterocycles. The van der Waals surface area contributed by atoms with E-state index in [2.05, 4.69) is 6.92 Å². The van der Waals surface area contributed by atoms with E-state index in [0.29, 0.717) is 12.0 Å². The van der Waals surface area contributed by atoms with Gasteiger partial charge in [-0.3, -0.25) is 0 Å². The topological polar surface area (TPSA) is 44.5 Å². The molecule has 0 bridgehead atoms. The van der Waals surface area contributed by atoms with Crippen molar-refractivity contribution in [2.45, 2.75) is 44.2 Å². The van der Waals surface area contributed by atoms with E-state index in [1.54, 1.807) is 0 Å². The minimum absolute atomic E-state index is 0.00988. The first-order chi connectivity index (χ1) is 8.26. The fraction of sp³-hybridized carbons (Fsp3) is 1.00. The lowest BCUT2D eigenvalue weighted by atomic mass is 9.82. The molecule has 0 aliphatic carbocycles. The molecule has 3 nitrogen and oxygen atoms in total. The molecule has 2 rings (SSSR count). The summed E-state index contributed by atoms with van der Waals surface area (Å²) in [5.41, 5.74) is 6.33. The van der Waals surface area contributed by atoms with Gasteiger partial charge in [0, 0.05) is 31.4 Å². The van der Waals surface area contributed by atoms with Gasteiger partial charge in [0.2, 0.25) is 0 Å². The largest absolute Gasteiger partial charge is 0.378 e. The third-order valence-electron chi connectivity index (χ3n) is 3.86.